The number of para-hydroxylation sites is 2. The van der Waals surface area contributed by atoms with E-state index >= 15 is 0 Å². The summed E-state index contributed by atoms with van der Waals surface area (Å²) >= 11 is 0. The SMILES string of the molecule is C.CNC(=O)c1c(-c2ccc(F)cc2)oc2cc(N(CC(C)Nc3ccccc3)S(C)(=O)=O)c(-c3cccc(-c4nc5ncccc5o4)c3)cc12.CNC(=O)c1c(-c2ccc(F)cc2)oc2cc(N(CC(C)OS(C)(=O)=O)S(C)(=O)=O)c(-c3cccc(-c4nc5ncccc5o4)c3)cc12.Nc1ccccc1.[W]. The monoisotopic (exact) mass is 1670 g/mol. The number of nitrogens with one attached hydrogen (secondary N) is 3. The summed E-state index contributed by atoms with van der Waals surface area (Å²) in [6, 6.07) is 57.5. The van der Waals surface area contributed by atoms with E-state index in [-0.39, 0.29) is 93.0 Å². The molecule has 0 radical (unpaired) electrons. The molecule has 29 heteroatoms. The average molecular weight is 1680 g/mol. The second-order valence-corrected chi connectivity index (χ2v) is 29.8. The standard InChI is InChI=1S/C38H32FN5O5S.C33H29FN4O8S2.C6H7N.CH4.W/c1-23(42-28-11-5-4-6-12-28)22-44(50(3,46)47)31-21-33-30(34(37(45)40-2)35(48-33)24-14-16-27(39)17-15-24)20-29(31)25-9-7-10-26(19-25)38-43-36-32(49-38)13-8-18-41-36;1-19(46-48(4,42)43)18-38(47(3,40)41)26-17-28-25(29(32(39)35-2)30(44-28)20-10-12-23(34)13-11-20)16-24(26)21-7-5-8-22(15-21)33-37-31-27(45-33)9-6-14-36-31;7-6-4-2-1-3-5-6;;/h4-21,23,42H,22H2,1-3H3,(H,40,45);5-17,19H,18H2,1-4H3,(H,35,39);1-5H,7H2;1H4;. The first kappa shape index (κ1) is 78.2. The number of sulfonamides is 2. The number of amides is 2. The van der Waals surface area contributed by atoms with Crippen molar-refractivity contribution in [3.8, 4) is 67.8 Å². The number of nitrogens with zero attached hydrogens (tertiary/aromatic N) is 6. The Balaban J connectivity index is 0.000000206. The van der Waals surface area contributed by atoms with Crippen molar-refractivity contribution in [2.45, 2.75) is 33.4 Å². The van der Waals surface area contributed by atoms with Gasteiger partial charge in [-0.25, -0.2) is 35.6 Å². The molecule has 23 nitrogen and oxygen atoms in total. The summed E-state index contributed by atoms with van der Waals surface area (Å²) in [6.45, 7) is 3.02. The third-order valence-corrected chi connectivity index (χ3v) is 19.4. The molecule has 14 rings (SSSR count). The zero-order valence-electron chi connectivity index (χ0n) is 57.8. The van der Waals surface area contributed by atoms with Gasteiger partial charge in [0.25, 0.3) is 21.9 Å². The number of carbonyl (C=O) groups is 2. The number of nitrogens with two attached hydrogens (primary N) is 1. The number of fused-ring (bicyclic) bond motifs is 4. The van der Waals surface area contributed by atoms with Gasteiger partial charge < -0.3 is 39.4 Å². The van der Waals surface area contributed by atoms with Crippen LogP contribution in [0.1, 0.15) is 42.0 Å². The molecular weight excluding hydrogens is 1600 g/mol. The minimum Gasteiger partial charge on any atom is -0.455 e. The molecule has 6 aromatic heterocycles. The molecule has 2 atom stereocenters. The minimum atomic E-state index is -4.07. The molecule has 6 heterocycles. The van der Waals surface area contributed by atoms with E-state index in [9.17, 15) is 43.6 Å². The van der Waals surface area contributed by atoms with Crippen LogP contribution in [0.4, 0.5) is 31.5 Å². The molecule has 0 spiro atoms. The second-order valence-electron chi connectivity index (χ2n) is 24.4. The maximum atomic E-state index is 13.9. The predicted octanol–water partition coefficient (Wildman–Crippen LogP) is 15.2. The van der Waals surface area contributed by atoms with Gasteiger partial charge in [0, 0.05) is 121 Å². The first-order valence-corrected chi connectivity index (χ1v) is 38.0. The van der Waals surface area contributed by atoms with Crippen molar-refractivity contribution in [1.82, 2.24) is 30.6 Å². The molecule has 0 saturated carbocycles. The number of furan rings is 2. The fourth-order valence-corrected chi connectivity index (χ4v) is 14.5. The van der Waals surface area contributed by atoms with E-state index in [0.717, 1.165) is 34.4 Å². The van der Waals surface area contributed by atoms with Gasteiger partial charge in [-0.1, -0.05) is 68.1 Å². The van der Waals surface area contributed by atoms with E-state index in [2.05, 4.69) is 35.9 Å². The zero-order valence-corrected chi connectivity index (χ0v) is 63.2. The first-order chi connectivity index (χ1) is 50.2. The number of anilines is 4. The van der Waals surface area contributed by atoms with Crippen molar-refractivity contribution in [3.05, 3.63) is 241 Å². The van der Waals surface area contributed by atoms with Crippen LogP contribution < -0.4 is 30.3 Å². The Labute approximate surface area is 630 Å². The van der Waals surface area contributed by atoms with Crippen LogP contribution in [0.25, 0.3) is 112 Å². The number of oxazole rings is 2. The fourth-order valence-electron chi connectivity index (χ4n) is 11.8. The van der Waals surface area contributed by atoms with Gasteiger partial charge in [-0.3, -0.25) is 22.4 Å². The Bertz CT molecular complexity index is 5850. The fraction of sp³-hybridized carbons (Fsp3) is 0.154. The molecule has 0 aliphatic carbocycles. The predicted molar refractivity (Wildman–Crippen MR) is 409 cm³/mol. The molecule has 14 aromatic rings. The second kappa shape index (κ2) is 32.9. The molecule has 2 amide bonds. The van der Waals surface area contributed by atoms with E-state index in [4.69, 9.17) is 27.6 Å². The summed E-state index contributed by atoms with van der Waals surface area (Å²) in [5.74, 6) is -0.852. The van der Waals surface area contributed by atoms with E-state index in [1.165, 1.54) is 79.9 Å². The van der Waals surface area contributed by atoms with Crippen LogP contribution in [-0.2, 0) is 55.4 Å². The summed E-state index contributed by atoms with van der Waals surface area (Å²) in [6.07, 6.45) is 5.16. The van der Waals surface area contributed by atoms with Gasteiger partial charge in [0.05, 0.1) is 60.5 Å². The van der Waals surface area contributed by atoms with Gasteiger partial charge in [0.1, 0.15) is 34.3 Å². The molecule has 0 saturated heterocycles. The quantitative estimate of drug-likeness (QED) is 0.0407. The molecular formula is C78H72F2N10O13S3W. The van der Waals surface area contributed by atoms with Gasteiger partial charge in [-0.2, -0.15) is 18.4 Å². The van der Waals surface area contributed by atoms with E-state index in [1.807, 2.05) is 91.9 Å². The number of hydrogen-bond donors (Lipinski definition) is 4. The smallest absolute Gasteiger partial charge is 0.264 e. The van der Waals surface area contributed by atoms with Gasteiger partial charge in [-0.05, 0) is 158 Å². The third-order valence-electron chi connectivity index (χ3n) is 16.4. The Morgan fingerprint density at radius 2 is 0.907 bits per heavy atom. The van der Waals surface area contributed by atoms with Crippen LogP contribution in [0, 0.1) is 11.6 Å². The summed E-state index contributed by atoms with van der Waals surface area (Å²) in [7, 11) is -8.90. The van der Waals surface area contributed by atoms with Crippen molar-refractivity contribution in [1.29, 1.82) is 0 Å². The minimum absolute atomic E-state index is 0. The maximum absolute atomic E-state index is 13.9. The van der Waals surface area contributed by atoms with Gasteiger partial charge in [0.2, 0.25) is 31.8 Å². The van der Waals surface area contributed by atoms with Crippen LogP contribution in [0.5, 0.6) is 0 Å². The summed E-state index contributed by atoms with van der Waals surface area (Å²) in [4.78, 5) is 44.3. The summed E-state index contributed by atoms with van der Waals surface area (Å²) < 4.78 is 137. The van der Waals surface area contributed by atoms with Crippen molar-refractivity contribution < 1.29 is 86.5 Å². The number of rotatable bonds is 20. The number of aromatic nitrogens is 4. The maximum Gasteiger partial charge on any atom is 0.264 e. The first-order valence-electron chi connectivity index (χ1n) is 32.5. The topological polar surface area (TPSA) is 318 Å². The van der Waals surface area contributed by atoms with E-state index in [0.29, 0.717) is 89.3 Å². The van der Waals surface area contributed by atoms with Crippen LogP contribution >= 0.6 is 0 Å². The number of benzene rings is 8. The van der Waals surface area contributed by atoms with Crippen LogP contribution in [0.15, 0.2) is 236 Å². The van der Waals surface area contributed by atoms with Gasteiger partial charge >= 0.3 is 0 Å². The zero-order chi connectivity index (χ0) is 74.5. The molecule has 0 bridgehead atoms. The van der Waals surface area contributed by atoms with Crippen molar-refractivity contribution in [2.24, 2.45) is 0 Å². The van der Waals surface area contributed by atoms with Crippen molar-refractivity contribution in [2.75, 3.05) is 65.6 Å². The molecule has 2 unspecified atom stereocenters. The molecule has 107 heavy (non-hydrogen) atoms. The average Bonchev–Trinajstić information content (AvgIpc) is 1.56. The summed E-state index contributed by atoms with van der Waals surface area (Å²) in [5, 5.41) is 9.46. The van der Waals surface area contributed by atoms with E-state index < -0.39 is 59.7 Å². The van der Waals surface area contributed by atoms with Gasteiger partial charge in [-0.15, -0.1) is 0 Å². The Kier molecular flexibility index (Phi) is 24.1. The normalized spacial score (nSPS) is 12.0. The number of carbonyl (C=O) groups excluding carboxylic acids is 2. The number of pyridine rings is 2. The molecule has 0 aliphatic heterocycles. The van der Waals surface area contributed by atoms with E-state index in [1.54, 1.807) is 79.1 Å². The molecule has 0 aliphatic rings. The van der Waals surface area contributed by atoms with Crippen LogP contribution in [0.3, 0.4) is 0 Å². The van der Waals surface area contributed by atoms with Crippen LogP contribution in [-0.4, -0.2) is 115 Å². The molecule has 8 aromatic carbocycles. The largest absolute Gasteiger partial charge is 0.455 e. The third kappa shape index (κ3) is 18.1. The van der Waals surface area contributed by atoms with Gasteiger partial charge in [0.15, 0.2) is 22.5 Å². The number of hydrogen-bond acceptors (Lipinski definition) is 19. The summed E-state index contributed by atoms with van der Waals surface area (Å²) in [5.41, 5.74) is 14.3. The Morgan fingerprint density at radius 1 is 0.495 bits per heavy atom. The van der Waals surface area contributed by atoms with Crippen molar-refractivity contribution in [3.63, 3.8) is 0 Å². The molecule has 5 N–H and O–H groups in total. The number of halogens is 2. The molecule has 550 valence electrons. The number of nitrogen functional groups attached to an aromatic ring is 1. The Hall–Kier alpha value is -11.4. The van der Waals surface area contributed by atoms with Crippen LogP contribution in [0.2, 0.25) is 0 Å². The Morgan fingerprint density at radius 3 is 1.29 bits per heavy atom. The molecule has 0 fully saturated rings. The van der Waals surface area contributed by atoms with Crippen molar-refractivity contribution >= 4 is 109 Å².